The summed E-state index contributed by atoms with van der Waals surface area (Å²) in [5.41, 5.74) is 1.21. The van der Waals surface area contributed by atoms with Crippen molar-refractivity contribution in [3.05, 3.63) is 54.4 Å². The minimum atomic E-state index is -0.856. The van der Waals surface area contributed by atoms with Gasteiger partial charge in [0.05, 0.1) is 7.11 Å². The number of rotatable bonds is 7. The molecule has 0 radical (unpaired) electrons. The van der Waals surface area contributed by atoms with Gasteiger partial charge in [-0.25, -0.2) is 0 Å². The third-order valence-electron chi connectivity index (χ3n) is 5.19. The van der Waals surface area contributed by atoms with Crippen LogP contribution in [0, 0.1) is 0 Å². The van der Waals surface area contributed by atoms with Crippen LogP contribution in [0.4, 0.5) is 5.69 Å². The molecule has 0 saturated heterocycles. The summed E-state index contributed by atoms with van der Waals surface area (Å²) < 4.78 is 5.21. The fourth-order valence-electron chi connectivity index (χ4n) is 3.73. The summed E-state index contributed by atoms with van der Waals surface area (Å²) in [5, 5.41) is 3.14. The lowest BCUT2D eigenvalue weighted by atomic mass is 9.94. The van der Waals surface area contributed by atoms with Crippen molar-refractivity contribution in [1.29, 1.82) is 0 Å². The van der Waals surface area contributed by atoms with Crippen LogP contribution in [-0.2, 0) is 9.59 Å². The molecule has 154 valence electrons. The normalized spacial score (nSPS) is 15.4. The van der Waals surface area contributed by atoms with E-state index in [0.29, 0.717) is 17.0 Å². The van der Waals surface area contributed by atoms with Crippen molar-refractivity contribution >= 4 is 29.1 Å². The summed E-state index contributed by atoms with van der Waals surface area (Å²) in [6.07, 6.45) is 8.57. The number of carbonyl (C=O) groups excluding carboxylic acids is 2. The molecule has 2 amide bonds. The number of amides is 2. The Kier molecular flexibility index (Phi) is 7.47. The Morgan fingerprint density at radius 1 is 1.21 bits per heavy atom. The van der Waals surface area contributed by atoms with Gasteiger partial charge in [0.1, 0.15) is 17.7 Å². The van der Waals surface area contributed by atoms with Crippen LogP contribution in [0.3, 0.4) is 0 Å². The lowest BCUT2D eigenvalue weighted by Crippen LogP contribution is -2.47. The molecule has 0 spiro atoms. The molecule has 2 aromatic rings. The Balaban J connectivity index is 1.97. The smallest absolute Gasteiger partial charge is 0.248 e. The zero-order valence-corrected chi connectivity index (χ0v) is 17.3. The standard InChI is InChI=1S/C22H26ClN3O3/c1-29-19-11-9-18(10-12-19)26(20(27)14-23)21(16-6-5-13-24-15-16)22(28)25-17-7-3-2-4-8-17/h5-6,9-13,15,17,21H,2-4,7-8,14H2,1H3,(H,25,28)/t21-/m0/s1. The SMILES string of the molecule is COc1ccc(N(C(=O)CCl)[C@H](C(=O)NC2CCCCC2)c2cccnc2)cc1. The Morgan fingerprint density at radius 2 is 1.93 bits per heavy atom. The lowest BCUT2D eigenvalue weighted by molar-refractivity contribution is -0.126. The molecule has 0 unspecified atom stereocenters. The highest BCUT2D eigenvalue weighted by atomic mass is 35.5. The van der Waals surface area contributed by atoms with Gasteiger partial charge in [-0.3, -0.25) is 19.5 Å². The van der Waals surface area contributed by atoms with Gasteiger partial charge in [-0.2, -0.15) is 0 Å². The first-order valence-electron chi connectivity index (χ1n) is 9.86. The third-order valence-corrected chi connectivity index (χ3v) is 5.42. The van der Waals surface area contributed by atoms with Crippen molar-refractivity contribution < 1.29 is 14.3 Å². The Hall–Kier alpha value is -2.60. The molecule has 29 heavy (non-hydrogen) atoms. The Morgan fingerprint density at radius 3 is 2.52 bits per heavy atom. The minimum absolute atomic E-state index is 0.124. The monoisotopic (exact) mass is 415 g/mol. The van der Waals surface area contributed by atoms with E-state index in [9.17, 15) is 9.59 Å². The van der Waals surface area contributed by atoms with Gasteiger partial charge in [0.2, 0.25) is 11.8 Å². The van der Waals surface area contributed by atoms with Gasteiger partial charge in [0.15, 0.2) is 0 Å². The third kappa shape index (κ3) is 5.26. The van der Waals surface area contributed by atoms with Gasteiger partial charge < -0.3 is 10.1 Å². The Labute approximate surface area is 176 Å². The predicted molar refractivity (Wildman–Crippen MR) is 113 cm³/mol. The van der Waals surface area contributed by atoms with Gasteiger partial charge in [0.25, 0.3) is 0 Å². The number of anilines is 1. The summed E-state index contributed by atoms with van der Waals surface area (Å²) in [4.78, 5) is 31.8. The lowest BCUT2D eigenvalue weighted by Gasteiger charge is -2.33. The van der Waals surface area contributed by atoms with E-state index in [1.807, 2.05) is 0 Å². The number of carbonyl (C=O) groups is 2. The molecule has 1 aliphatic carbocycles. The van der Waals surface area contributed by atoms with Gasteiger partial charge in [-0.15, -0.1) is 11.6 Å². The van der Waals surface area contributed by atoms with E-state index in [1.54, 1.807) is 55.9 Å². The van der Waals surface area contributed by atoms with Crippen molar-refractivity contribution in [2.24, 2.45) is 0 Å². The number of alkyl halides is 1. The van der Waals surface area contributed by atoms with Crippen molar-refractivity contribution in [2.75, 3.05) is 17.9 Å². The van der Waals surface area contributed by atoms with Crippen molar-refractivity contribution in [3.63, 3.8) is 0 Å². The highest BCUT2D eigenvalue weighted by molar-refractivity contribution is 6.29. The van der Waals surface area contributed by atoms with E-state index in [-0.39, 0.29) is 23.7 Å². The van der Waals surface area contributed by atoms with E-state index in [0.717, 1.165) is 25.7 Å². The number of halogens is 1. The quantitative estimate of drug-likeness (QED) is 0.697. The second-order valence-electron chi connectivity index (χ2n) is 7.13. The van der Waals surface area contributed by atoms with Gasteiger partial charge >= 0.3 is 0 Å². The maximum Gasteiger partial charge on any atom is 0.248 e. The predicted octanol–water partition coefficient (Wildman–Crippen LogP) is 3.85. The highest BCUT2D eigenvalue weighted by Crippen LogP contribution is 2.30. The topological polar surface area (TPSA) is 71.5 Å². The van der Waals surface area contributed by atoms with E-state index < -0.39 is 6.04 Å². The number of nitrogens with one attached hydrogen (secondary N) is 1. The molecule has 1 aromatic heterocycles. The zero-order chi connectivity index (χ0) is 20.6. The molecule has 1 atom stereocenters. The second kappa shape index (κ2) is 10.3. The first-order chi connectivity index (χ1) is 14.1. The largest absolute Gasteiger partial charge is 0.497 e. The molecule has 1 N–H and O–H groups in total. The first kappa shape index (κ1) is 21.1. The number of pyridine rings is 1. The van der Waals surface area contributed by atoms with Gasteiger partial charge in [-0.05, 0) is 43.2 Å². The van der Waals surface area contributed by atoms with Crippen LogP contribution in [0.5, 0.6) is 5.75 Å². The van der Waals surface area contributed by atoms with Crippen LogP contribution in [0.1, 0.15) is 43.7 Å². The summed E-state index contributed by atoms with van der Waals surface area (Å²) >= 11 is 5.92. The summed E-state index contributed by atoms with van der Waals surface area (Å²) in [6.45, 7) is 0. The first-order valence-corrected chi connectivity index (χ1v) is 10.4. The number of hydrogen-bond acceptors (Lipinski definition) is 4. The summed E-state index contributed by atoms with van der Waals surface area (Å²) in [5.74, 6) is -0.153. The van der Waals surface area contributed by atoms with Crippen LogP contribution in [0.15, 0.2) is 48.8 Å². The van der Waals surface area contributed by atoms with E-state index in [4.69, 9.17) is 16.3 Å². The van der Waals surface area contributed by atoms with Crippen LogP contribution >= 0.6 is 11.6 Å². The molecule has 1 aromatic carbocycles. The molecule has 0 bridgehead atoms. The maximum absolute atomic E-state index is 13.4. The summed E-state index contributed by atoms with van der Waals surface area (Å²) in [7, 11) is 1.58. The second-order valence-corrected chi connectivity index (χ2v) is 7.40. The number of methoxy groups -OCH3 is 1. The molecule has 3 rings (SSSR count). The van der Waals surface area contributed by atoms with Crippen LogP contribution in [0.2, 0.25) is 0 Å². The fourth-order valence-corrected chi connectivity index (χ4v) is 3.86. The molecule has 1 aliphatic rings. The van der Waals surface area contributed by atoms with Crippen molar-refractivity contribution in [2.45, 2.75) is 44.2 Å². The number of hydrogen-bond donors (Lipinski definition) is 1. The number of benzene rings is 1. The minimum Gasteiger partial charge on any atom is -0.497 e. The maximum atomic E-state index is 13.4. The van der Waals surface area contributed by atoms with Crippen LogP contribution in [0.25, 0.3) is 0 Å². The van der Waals surface area contributed by atoms with Crippen LogP contribution < -0.4 is 15.0 Å². The van der Waals surface area contributed by atoms with Crippen molar-refractivity contribution in [1.82, 2.24) is 10.3 Å². The van der Waals surface area contributed by atoms with Crippen LogP contribution in [-0.4, -0.2) is 35.8 Å². The fraction of sp³-hybridized carbons (Fsp3) is 0.409. The average molecular weight is 416 g/mol. The zero-order valence-electron chi connectivity index (χ0n) is 16.5. The molecular weight excluding hydrogens is 390 g/mol. The highest BCUT2D eigenvalue weighted by Gasteiger charge is 2.33. The van der Waals surface area contributed by atoms with E-state index >= 15 is 0 Å². The number of nitrogens with zero attached hydrogens (tertiary/aromatic N) is 2. The molecule has 1 fully saturated rings. The number of aromatic nitrogens is 1. The van der Waals surface area contributed by atoms with E-state index in [1.165, 1.54) is 11.3 Å². The molecule has 1 saturated carbocycles. The molecule has 7 heteroatoms. The Bertz CT molecular complexity index is 808. The molecular formula is C22H26ClN3O3. The van der Waals surface area contributed by atoms with Gasteiger partial charge in [-0.1, -0.05) is 25.3 Å². The van der Waals surface area contributed by atoms with Gasteiger partial charge in [0, 0.05) is 29.7 Å². The summed E-state index contributed by atoms with van der Waals surface area (Å²) in [6, 6.07) is 9.83. The van der Waals surface area contributed by atoms with E-state index in [2.05, 4.69) is 10.3 Å². The molecule has 1 heterocycles. The molecule has 6 nitrogen and oxygen atoms in total. The molecule has 0 aliphatic heterocycles. The average Bonchev–Trinajstić information content (AvgIpc) is 2.78. The number of ether oxygens (including phenoxy) is 1. The van der Waals surface area contributed by atoms with Crippen molar-refractivity contribution in [3.8, 4) is 5.75 Å².